The molecule has 3 rings (SSSR count). The van der Waals surface area contributed by atoms with Crippen molar-refractivity contribution in [1.29, 1.82) is 0 Å². The zero-order valence-corrected chi connectivity index (χ0v) is 18.2. The maximum absolute atomic E-state index is 12.0. The van der Waals surface area contributed by atoms with Gasteiger partial charge >= 0.3 is 0 Å². The molecule has 0 radical (unpaired) electrons. The molecule has 8 nitrogen and oxygen atoms in total. The molecule has 2 aromatic carbocycles. The third-order valence-electron chi connectivity index (χ3n) is 4.38. The van der Waals surface area contributed by atoms with Crippen LogP contribution in [0.3, 0.4) is 0 Å². The van der Waals surface area contributed by atoms with Crippen molar-refractivity contribution in [2.45, 2.75) is 26.2 Å². The number of aryl methyl sites for hydroxylation is 1. The number of hydrogen-bond acceptors (Lipinski definition) is 7. The molecule has 160 valence electrons. The second-order valence-corrected chi connectivity index (χ2v) is 9.90. The van der Waals surface area contributed by atoms with Crippen LogP contribution in [0.25, 0.3) is 11.0 Å². The summed E-state index contributed by atoms with van der Waals surface area (Å²) in [5.74, 6) is 1.12. The summed E-state index contributed by atoms with van der Waals surface area (Å²) in [6.45, 7) is 1.64. The highest BCUT2D eigenvalue weighted by Crippen LogP contribution is 2.24. The molecule has 0 aliphatic carbocycles. The fourth-order valence-electron chi connectivity index (χ4n) is 2.97. The summed E-state index contributed by atoms with van der Waals surface area (Å²) in [5, 5.41) is 0. The number of sulfonamides is 1. The van der Waals surface area contributed by atoms with Crippen LogP contribution in [0.15, 0.2) is 54.9 Å². The van der Waals surface area contributed by atoms with Crippen LogP contribution in [0.5, 0.6) is 11.5 Å². The monoisotopic (exact) mass is 449 g/mol. The maximum Gasteiger partial charge on any atom is 0.226 e. The first-order chi connectivity index (χ1) is 14.4. The Morgan fingerprint density at radius 1 is 0.967 bits per heavy atom. The number of rotatable bonds is 10. The summed E-state index contributed by atoms with van der Waals surface area (Å²) in [6.07, 6.45) is 4.57. The lowest BCUT2D eigenvalue weighted by atomic mass is 10.1. The Morgan fingerprint density at radius 2 is 1.63 bits per heavy atom. The molecule has 0 fully saturated rings. The van der Waals surface area contributed by atoms with Gasteiger partial charge in [0.25, 0.3) is 0 Å². The highest BCUT2D eigenvalue weighted by Gasteiger charge is 2.23. The number of ether oxygens (including phenoxy) is 1. The fraction of sp³-hybridized carbons (Fsp3) is 0.300. The second-order valence-electron chi connectivity index (χ2n) is 6.66. The van der Waals surface area contributed by atoms with Crippen LogP contribution in [0, 0.1) is 0 Å². The molecule has 1 heterocycles. The zero-order valence-electron chi connectivity index (χ0n) is 16.5. The number of fused-ring (bicyclic) bond motifs is 1. The van der Waals surface area contributed by atoms with Gasteiger partial charge in [0.2, 0.25) is 20.9 Å². The van der Waals surface area contributed by atoms with Gasteiger partial charge in [0.05, 0.1) is 16.8 Å². The minimum atomic E-state index is -3.78. The van der Waals surface area contributed by atoms with E-state index in [1.54, 1.807) is 19.3 Å². The number of benzene rings is 2. The molecule has 0 bridgehead atoms. The lowest BCUT2D eigenvalue weighted by Crippen LogP contribution is -2.32. The molecule has 0 aliphatic rings. The smallest absolute Gasteiger partial charge is 0.226 e. The largest absolute Gasteiger partial charge is 0.457 e. The summed E-state index contributed by atoms with van der Waals surface area (Å²) in [7, 11) is -6.95. The summed E-state index contributed by atoms with van der Waals surface area (Å²) in [5.41, 5.74) is 2.49. The van der Waals surface area contributed by atoms with Crippen molar-refractivity contribution in [3.8, 4) is 11.5 Å². The van der Waals surface area contributed by atoms with Crippen molar-refractivity contribution in [1.82, 2.24) is 13.7 Å². The van der Waals surface area contributed by atoms with Gasteiger partial charge in [-0.1, -0.05) is 22.8 Å². The standard InChI is InChI=1S/C20H23N3O5S2/c1-2-14-30(26,27)23(29(24)25)13-3-4-16-5-7-17(8-6-16)28-18-9-10-19-20(15-18)22-12-11-21-19/h5-12,15,29H,2-4,13-14H2,1H3. The highest BCUT2D eigenvalue weighted by atomic mass is 32.3. The molecule has 3 aromatic rings. The average molecular weight is 450 g/mol. The molecule has 0 N–H and O–H groups in total. The predicted molar refractivity (Wildman–Crippen MR) is 115 cm³/mol. The van der Waals surface area contributed by atoms with E-state index in [0.717, 1.165) is 16.6 Å². The first-order valence-corrected chi connectivity index (χ1v) is 12.3. The van der Waals surface area contributed by atoms with E-state index >= 15 is 0 Å². The van der Waals surface area contributed by atoms with E-state index in [1.807, 2.05) is 42.5 Å². The zero-order chi connectivity index (χ0) is 21.6. The minimum Gasteiger partial charge on any atom is -0.457 e. The van der Waals surface area contributed by atoms with Crippen LogP contribution >= 0.6 is 0 Å². The van der Waals surface area contributed by atoms with Crippen LogP contribution in [0.2, 0.25) is 0 Å². The van der Waals surface area contributed by atoms with E-state index in [0.29, 0.717) is 34.5 Å². The van der Waals surface area contributed by atoms with E-state index in [9.17, 15) is 16.8 Å². The first kappa shape index (κ1) is 22.1. The Balaban J connectivity index is 1.58. The van der Waals surface area contributed by atoms with Gasteiger partial charge in [-0.25, -0.2) is 16.8 Å². The van der Waals surface area contributed by atoms with Crippen molar-refractivity contribution in [3.63, 3.8) is 0 Å². The van der Waals surface area contributed by atoms with Gasteiger partial charge in [-0.3, -0.25) is 9.97 Å². The molecular formula is C20H23N3O5S2. The van der Waals surface area contributed by atoms with E-state index < -0.39 is 20.9 Å². The van der Waals surface area contributed by atoms with Gasteiger partial charge in [0.1, 0.15) is 11.5 Å². The van der Waals surface area contributed by atoms with E-state index in [-0.39, 0.29) is 12.3 Å². The molecule has 0 amide bonds. The second kappa shape index (κ2) is 9.96. The Bertz CT molecular complexity index is 1170. The Labute approximate surface area is 177 Å². The van der Waals surface area contributed by atoms with Gasteiger partial charge in [-0.15, -0.1) is 0 Å². The molecular weight excluding hydrogens is 426 g/mol. The number of hydrogen-bond donors (Lipinski definition) is 1. The van der Waals surface area contributed by atoms with Gasteiger partial charge in [-0.2, -0.15) is 0 Å². The van der Waals surface area contributed by atoms with E-state index in [4.69, 9.17) is 4.74 Å². The summed E-state index contributed by atoms with van der Waals surface area (Å²) in [6, 6.07) is 12.8. The van der Waals surface area contributed by atoms with Gasteiger partial charge < -0.3 is 4.74 Å². The molecule has 0 saturated carbocycles. The normalized spacial score (nSPS) is 12.0. The third-order valence-corrected chi connectivity index (χ3v) is 7.84. The maximum atomic E-state index is 12.0. The van der Waals surface area contributed by atoms with Crippen LogP contribution in [-0.2, 0) is 27.3 Å². The number of nitrogens with zero attached hydrogens (tertiary/aromatic N) is 3. The van der Waals surface area contributed by atoms with Gasteiger partial charge in [0.15, 0.2) is 0 Å². The van der Waals surface area contributed by atoms with Crippen molar-refractivity contribution in [2.75, 3.05) is 12.3 Å². The molecule has 0 aliphatic heterocycles. The van der Waals surface area contributed by atoms with Crippen LogP contribution < -0.4 is 4.74 Å². The molecule has 0 unspecified atom stereocenters. The number of thiol groups is 1. The SMILES string of the molecule is CCCS(=O)(=O)N(CCCc1ccc(Oc2ccc3nccnc3c2)cc1)[SH](=O)=O. The van der Waals surface area contributed by atoms with E-state index in [1.165, 1.54) is 0 Å². The van der Waals surface area contributed by atoms with Crippen LogP contribution in [-0.4, -0.2) is 42.8 Å². The minimum absolute atomic E-state index is 0.0581. The topological polar surface area (TPSA) is 107 Å². The number of aromatic nitrogens is 2. The van der Waals surface area contributed by atoms with Crippen molar-refractivity contribution in [3.05, 3.63) is 60.4 Å². The van der Waals surface area contributed by atoms with Crippen LogP contribution in [0.4, 0.5) is 0 Å². The highest BCUT2D eigenvalue weighted by molar-refractivity contribution is 7.97. The first-order valence-electron chi connectivity index (χ1n) is 9.51. The van der Waals surface area contributed by atoms with E-state index in [2.05, 4.69) is 9.97 Å². The molecule has 0 atom stereocenters. The lowest BCUT2D eigenvalue weighted by Gasteiger charge is -2.15. The molecule has 0 spiro atoms. The van der Waals surface area contributed by atoms with Gasteiger partial charge in [-0.05, 0) is 49.1 Å². The van der Waals surface area contributed by atoms with Crippen LogP contribution in [0.1, 0.15) is 25.3 Å². The Kier molecular flexibility index (Phi) is 7.35. The quantitative estimate of drug-likeness (QED) is 0.474. The molecule has 0 saturated heterocycles. The summed E-state index contributed by atoms with van der Waals surface area (Å²) < 4.78 is 53.1. The average Bonchev–Trinajstić information content (AvgIpc) is 2.72. The fourth-order valence-corrected chi connectivity index (χ4v) is 5.47. The Hall–Kier alpha value is -2.56. The van der Waals surface area contributed by atoms with Gasteiger partial charge in [0, 0.05) is 25.0 Å². The Morgan fingerprint density at radius 3 is 2.30 bits per heavy atom. The molecule has 1 aromatic heterocycles. The summed E-state index contributed by atoms with van der Waals surface area (Å²) >= 11 is 0. The van der Waals surface area contributed by atoms with Crippen molar-refractivity contribution < 1.29 is 21.6 Å². The lowest BCUT2D eigenvalue weighted by molar-refractivity contribution is 0.483. The van der Waals surface area contributed by atoms with Crippen molar-refractivity contribution >= 4 is 31.9 Å². The predicted octanol–water partition coefficient (Wildman–Crippen LogP) is 2.92. The summed E-state index contributed by atoms with van der Waals surface area (Å²) in [4.78, 5) is 8.48. The third kappa shape index (κ3) is 5.74. The molecule has 30 heavy (non-hydrogen) atoms. The van der Waals surface area contributed by atoms with Crippen molar-refractivity contribution in [2.24, 2.45) is 0 Å². The molecule has 10 heteroatoms.